The highest BCUT2D eigenvalue weighted by Crippen LogP contribution is 2.24. The van der Waals surface area contributed by atoms with E-state index >= 15 is 0 Å². The number of hydrogen-bond acceptors (Lipinski definition) is 3. The number of carbonyl (C=O) groups is 1. The number of aryl methyl sites for hydroxylation is 1. The summed E-state index contributed by atoms with van der Waals surface area (Å²) in [6.07, 6.45) is 1.54. The van der Waals surface area contributed by atoms with Crippen LogP contribution in [-0.4, -0.2) is 12.1 Å². The fourth-order valence-electron chi connectivity index (χ4n) is 3.37. The Morgan fingerprint density at radius 1 is 1.00 bits per heavy atom. The zero-order chi connectivity index (χ0) is 21.6. The normalized spacial score (nSPS) is 11.0. The van der Waals surface area contributed by atoms with E-state index in [2.05, 4.69) is 34.8 Å². The molecule has 154 valence electrons. The molecule has 4 rings (SSSR count). The summed E-state index contributed by atoms with van der Waals surface area (Å²) in [7, 11) is 0. The Labute approximate surface area is 186 Å². The van der Waals surface area contributed by atoms with E-state index in [0.29, 0.717) is 28.5 Å². The second kappa shape index (κ2) is 9.45. The molecule has 4 nitrogen and oxygen atoms in total. The zero-order valence-electron chi connectivity index (χ0n) is 17.0. The number of halogens is 1. The van der Waals surface area contributed by atoms with E-state index in [1.807, 2.05) is 43.3 Å². The van der Waals surface area contributed by atoms with Gasteiger partial charge in [-0.05, 0) is 53.1 Å². The van der Waals surface area contributed by atoms with Crippen molar-refractivity contribution in [3.05, 3.63) is 112 Å². The molecule has 0 aliphatic rings. The molecule has 0 saturated carbocycles. The maximum absolute atomic E-state index is 12.4. The smallest absolute Gasteiger partial charge is 0.271 e. The van der Waals surface area contributed by atoms with Crippen LogP contribution in [0.4, 0.5) is 0 Å². The minimum Gasteiger partial charge on any atom is -0.488 e. The highest BCUT2D eigenvalue weighted by atomic mass is 35.5. The van der Waals surface area contributed by atoms with Crippen LogP contribution in [0.15, 0.2) is 90.0 Å². The van der Waals surface area contributed by atoms with Crippen molar-refractivity contribution in [3.63, 3.8) is 0 Å². The Morgan fingerprint density at radius 2 is 1.77 bits per heavy atom. The summed E-state index contributed by atoms with van der Waals surface area (Å²) in [5.41, 5.74) is 5.80. The van der Waals surface area contributed by atoms with Gasteiger partial charge >= 0.3 is 0 Å². The molecule has 4 aromatic carbocycles. The second-order valence-electron chi connectivity index (χ2n) is 7.12. The summed E-state index contributed by atoms with van der Waals surface area (Å²) >= 11 is 6.17. The van der Waals surface area contributed by atoms with Gasteiger partial charge in [0.25, 0.3) is 5.91 Å². The van der Waals surface area contributed by atoms with E-state index in [1.165, 1.54) is 5.39 Å². The maximum atomic E-state index is 12.4. The van der Waals surface area contributed by atoms with Gasteiger partial charge in [0, 0.05) is 16.1 Å². The second-order valence-corrected chi connectivity index (χ2v) is 7.56. The van der Waals surface area contributed by atoms with E-state index < -0.39 is 0 Å². The van der Waals surface area contributed by atoms with Crippen molar-refractivity contribution in [2.24, 2.45) is 5.10 Å². The van der Waals surface area contributed by atoms with Gasteiger partial charge in [-0.25, -0.2) is 5.43 Å². The van der Waals surface area contributed by atoms with Gasteiger partial charge in [0.15, 0.2) is 0 Å². The van der Waals surface area contributed by atoms with Crippen LogP contribution < -0.4 is 10.2 Å². The fourth-order valence-corrected chi connectivity index (χ4v) is 3.55. The summed E-state index contributed by atoms with van der Waals surface area (Å²) < 4.78 is 6.08. The Hall–Kier alpha value is -3.63. The lowest BCUT2D eigenvalue weighted by Gasteiger charge is -2.11. The predicted molar refractivity (Wildman–Crippen MR) is 126 cm³/mol. The van der Waals surface area contributed by atoms with Gasteiger partial charge < -0.3 is 4.74 Å². The van der Waals surface area contributed by atoms with Crippen molar-refractivity contribution >= 4 is 34.5 Å². The molecule has 0 atom stereocenters. The number of hydrogen-bond donors (Lipinski definition) is 1. The van der Waals surface area contributed by atoms with Crippen molar-refractivity contribution < 1.29 is 9.53 Å². The van der Waals surface area contributed by atoms with E-state index in [-0.39, 0.29) is 5.91 Å². The topological polar surface area (TPSA) is 50.7 Å². The number of benzene rings is 4. The third kappa shape index (κ3) is 4.93. The third-order valence-corrected chi connectivity index (χ3v) is 5.23. The van der Waals surface area contributed by atoms with Crippen LogP contribution in [0.1, 0.15) is 27.0 Å². The van der Waals surface area contributed by atoms with Crippen LogP contribution in [0, 0.1) is 6.92 Å². The van der Waals surface area contributed by atoms with Gasteiger partial charge in [-0.1, -0.05) is 72.3 Å². The fraction of sp³-hybridized carbons (Fsp3) is 0.0769. The molecular formula is C26H21ClN2O2. The molecule has 4 aromatic rings. The first-order chi connectivity index (χ1) is 15.1. The summed E-state index contributed by atoms with van der Waals surface area (Å²) in [6.45, 7) is 2.29. The van der Waals surface area contributed by atoms with Crippen molar-refractivity contribution in [2.75, 3.05) is 0 Å². The number of nitrogens with zero attached hydrogens (tertiary/aromatic N) is 1. The van der Waals surface area contributed by atoms with Crippen molar-refractivity contribution in [3.8, 4) is 5.75 Å². The molecule has 0 aliphatic carbocycles. The van der Waals surface area contributed by atoms with Gasteiger partial charge in [-0.15, -0.1) is 0 Å². The Balaban J connectivity index is 1.50. The van der Waals surface area contributed by atoms with Gasteiger partial charge in [-0.2, -0.15) is 5.10 Å². The Morgan fingerprint density at radius 3 is 2.65 bits per heavy atom. The van der Waals surface area contributed by atoms with E-state index in [4.69, 9.17) is 16.3 Å². The summed E-state index contributed by atoms with van der Waals surface area (Å²) in [5.74, 6) is 0.362. The number of fused-ring (bicyclic) bond motifs is 1. The number of rotatable bonds is 6. The molecule has 0 aromatic heterocycles. The monoisotopic (exact) mass is 428 g/mol. The number of ether oxygens (including phenoxy) is 1. The minimum absolute atomic E-state index is 0.269. The molecule has 0 saturated heterocycles. The summed E-state index contributed by atoms with van der Waals surface area (Å²) in [6, 6.07) is 27.0. The highest BCUT2D eigenvalue weighted by molar-refractivity contribution is 6.30. The first-order valence-electron chi connectivity index (χ1n) is 9.90. The molecule has 0 radical (unpaired) electrons. The predicted octanol–water partition coefficient (Wildman–Crippen LogP) is 6.14. The molecule has 0 heterocycles. The Bertz CT molecular complexity index is 1260. The largest absolute Gasteiger partial charge is 0.488 e. The SMILES string of the molecule is Cc1ccccc1C(=O)N/N=C/c1cc(Cl)ccc1OCc1cccc2ccccc12. The van der Waals surface area contributed by atoms with Gasteiger partial charge in [0.2, 0.25) is 0 Å². The van der Waals surface area contributed by atoms with Crippen molar-refractivity contribution in [1.82, 2.24) is 5.43 Å². The van der Waals surface area contributed by atoms with Gasteiger partial charge in [0.1, 0.15) is 12.4 Å². The van der Waals surface area contributed by atoms with E-state index in [9.17, 15) is 4.79 Å². The number of carbonyl (C=O) groups excluding carboxylic acids is 1. The van der Waals surface area contributed by atoms with Crippen LogP contribution in [-0.2, 0) is 6.61 Å². The first kappa shape index (κ1) is 20.6. The van der Waals surface area contributed by atoms with E-state index in [0.717, 1.165) is 16.5 Å². The van der Waals surface area contributed by atoms with Crippen molar-refractivity contribution in [1.29, 1.82) is 0 Å². The zero-order valence-corrected chi connectivity index (χ0v) is 17.8. The molecule has 5 heteroatoms. The first-order valence-corrected chi connectivity index (χ1v) is 10.3. The highest BCUT2D eigenvalue weighted by Gasteiger charge is 2.08. The summed E-state index contributed by atoms with van der Waals surface area (Å²) in [4.78, 5) is 12.4. The lowest BCUT2D eigenvalue weighted by Crippen LogP contribution is -2.18. The standard InChI is InChI=1S/C26H21ClN2O2/c1-18-7-2-4-11-23(18)26(30)29-28-16-21-15-22(27)13-14-25(21)31-17-20-10-6-9-19-8-3-5-12-24(19)20/h2-16H,17H2,1H3,(H,29,30)/b28-16+. The van der Waals surface area contributed by atoms with Crippen LogP contribution in [0.5, 0.6) is 5.75 Å². The van der Waals surface area contributed by atoms with Crippen LogP contribution in [0.3, 0.4) is 0 Å². The molecule has 1 amide bonds. The van der Waals surface area contributed by atoms with Gasteiger partial charge in [0.05, 0.1) is 6.21 Å². The number of amides is 1. The van der Waals surface area contributed by atoms with E-state index in [1.54, 1.807) is 30.5 Å². The van der Waals surface area contributed by atoms with Crippen LogP contribution >= 0.6 is 11.6 Å². The molecule has 0 aliphatic heterocycles. The Kier molecular flexibility index (Phi) is 6.29. The van der Waals surface area contributed by atoms with Crippen LogP contribution in [0.25, 0.3) is 10.8 Å². The molecule has 0 unspecified atom stereocenters. The average molecular weight is 429 g/mol. The van der Waals surface area contributed by atoms with Gasteiger partial charge in [-0.3, -0.25) is 4.79 Å². The molecule has 0 spiro atoms. The third-order valence-electron chi connectivity index (χ3n) is 4.99. The minimum atomic E-state index is -0.269. The lowest BCUT2D eigenvalue weighted by atomic mass is 10.1. The average Bonchev–Trinajstić information content (AvgIpc) is 2.79. The molecular weight excluding hydrogens is 408 g/mol. The van der Waals surface area contributed by atoms with Crippen LogP contribution in [0.2, 0.25) is 5.02 Å². The number of nitrogens with one attached hydrogen (secondary N) is 1. The summed E-state index contributed by atoms with van der Waals surface area (Å²) in [5, 5.41) is 6.98. The molecule has 0 bridgehead atoms. The number of hydrazone groups is 1. The van der Waals surface area contributed by atoms with Crippen molar-refractivity contribution in [2.45, 2.75) is 13.5 Å². The molecule has 0 fully saturated rings. The lowest BCUT2D eigenvalue weighted by molar-refractivity contribution is 0.0954. The molecule has 31 heavy (non-hydrogen) atoms. The molecule has 1 N–H and O–H groups in total. The maximum Gasteiger partial charge on any atom is 0.271 e. The quantitative estimate of drug-likeness (QED) is 0.296.